The first-order valence-corrected chi connectivity index (χ1v) is 9.34. The van der Waals surface area contributed by atoms with Gasteiger partial charge in [-0.2, -0.15) is 0 Å². The third kappa shape index (κ3) is 4.90. The number of hydrogen-bond donors (Lipinski definition) is 1. The first-order chi connectivity index (χ1) is 11.8. The molecule has 6 nitrogen and oxygen atoms in total. The Hall–Kier alpha value is -2.67. The number of carbonyl (C=O) groups excluding carboxylic acids is 2. The van der Waals surface area contributed by atoms with E-state index in [2.05, 4.69) is 5.32 Å². The van der Waals surface area contributed by atoms with Crippen molar-refractivity contribution in [2.45, 2.75) is 18.7 Å². The highest BCUT2D eigenvalue weighted by Crippen LogP contribution is 2.18. The fourth-order valence-corrected chi connectivity index (χ4v) is 3.19. The standard InChI is InChI=1S/C18H19NO5S/c1-3-25(22,23)16-7-5-4-6-15(16)18(21)24-12-17(20)19-14-10-8-13(2)9-11-14/h4-11H,3,12H2,1-2H3,(H,19,20). The van der Waals surface area contributed by atoms with Crippen molar-refractivity contribution in [3.8, 4) is 0 Å². The van der Waals surface area contributed by atoms with Crippen LogP contribution in [0.5, 0.6) is 0 Å². The number of hydrogen-bond acceptors (Lipinski definition) is 5. The lowest BCUT2D eigenvalue weighted by Crippen LogP contribution is -2.22. The van der Waals surface area contributed by atoms with E-state index < -0.39 is 28.3 Å². The lowest BCUT2D eigenvalue weighted by molar-refractivity contribution is -0.119. The molecule has 0 aliphatic rings. The van der Waals surface area contributed by atoms with Crippen molar-refractivity contribution in [1.82, 2.24) is 0 Å². The van der Waals surface area contributed by atoms with E-state index in [9.17, 15) is 18.0 Å². The lowest BCUT2D eigenvalue weighted by Gasteiger charge is -2.10. The summed E-state index contributed by atoms with van der Waals surface area (Å²) in [5.74, 6) is -1.50. The second-order valence-electron chi connectivity index (χ2n) is 5.39. The highest BCUT2D eigenvalue weighted by atomic mass is 32.2. The Morgan fingerprint density at radius 1 is 1.04 bits per heavy atom. The summed E-state index contributed by atoms with van der Waals surface area (Å²) in [7, 11) is -3.57. The minimum Gasteiger partial charge on any atom is -0.452 e. The number of benzene rings is 2. The first kappa shape index (κ1) is 18.7. The molecular weight excluding hydrogens is 342 g/mol. The molecule has 132 valence electrons. The molecule has 2 aromatic carbocycles. The molecule has 1 amide bonds. The Balaban J connectivity index is 2.03. The third-order valence-corrected chi connectivity index (χ3v) is 5.28. The second-order valence-corrected chi connectivity index (χ2v) is 7.64. The number of esters is 1. The normalized spacial score (nSPS) is 11.0. The van der Waals surface area contributed by atoms with Gasteiger partial charge < -0.3 is 10.1 Å². The van der Waals surface area contributed by atoms with Crippen LogP contribution in [0, 0.1) is 6.92 Å². The summed E-state index contributed by atoms with van der Waals surface area (Å²) in [5.41, 5.74) is 1.56. The maximum absolute atomic E-state index is 12.2. The highest BCUT2D eigenvalue weighted by Gasteiger charge is 2.22. The molecule has 0 atom stereocenters. The Labute approximate surface area is 146 Å². The SMILES string of the molecule is CCS(=O)(=O)c1ccccc1C(=O)OCC(=O)Nc1ccc(C)cc1. The number of rotatable bonds is 6. The molecule has 7 heteroatoms. The monoisotopic (exact) mass is 361 g/mol. The van der Waals surface area contributed by atoms with Crippen LogP contribution in [-0.4, -0.2) is 32.7 Å². The smallest absolute Gasteiger partial charge is 0.339 e. The van der Waals surface area contributed by atoms with Gasteiger partial charge in [0, 0.05) is 5.69 Å². The zero-order valence-corrected chi connectivity index (χ0v) is 14.8. The van der Waals surface area contributed by atoms with E-state index in [1.165, 1.54) is 31.2 Å². The maximum Gasteiger partial charge on any atom is 0.339 e. The molecule has 0 aromatic heterocycles. The first-order valence-electron chi connectivity index (χ1n) is 7.69. The Bertz CT molecular complexity index is 873. The number of ether oxygens (including phenoxy) is 1. The van der Waals surface area contributed by atoms with Crippen LogP contribution in [-0.2, 0) is 19.4 Å². The minimum atomic E-state index is -3.57. The van der Waals surface area contributed by atoms with Crippen molar-refractivity contribution in [3.63, 3.8) is 0 Å². The van der Waals surface area contributed by atoms with Crippen molar-refractivity contribution >= 4 is 27.4 Å². The van der Waals surface area contributed by atoms with Gasteiger partial charge in [0.05, 0.1) is 16.2 Å². The molecule has 2 rings (SSSR count). The average Bonchev–Trinajstić information content (AvgIpc) is 2.61. The number of carbonyl (C=O) groups is 2. The molecule has 1 N–H and O–H groups in total. The van der Waals surface area contributed by atoms with Crippen molar-refractivity contribution in [2.24, 2.45) is 0 Å². The van der Waals surface area contributed by atoms with Crippen LogP contribution in [0.2, 0.25) is 0 Å². The van der Waals surface area contributed by atoms with E-state index in [4.69, 9.17) is 4.74 Å². The van der Waals surface area contributed by atoms with Crippen molar-refractivity contribution < 1.29 is 22.7 Å². The number of sulfone groups is 1. The van der Waals surface area contributed by atoms with Crippen LogP contribution in [0.1, 0.15) is 22.8 Å². The molecular formula is C18H19NO5S. The Morgan fingerprint density at radius 2 is 1.68 bits per heavy atom. The van der Waals surface area contributed by atoms with Gasteiger partial charge in [0.1, 0.15) is 0 Å². The number of anilines is 1. The van der Waals surface area contributed by atoms with Gasteiger partial charge in [-0.3, -0.25) is 4.79 Å². The lowest BCUT2D eigenvalue weighted by atomic mass is 10.2. The van der Waals surface area contributed by atoms with Gasteiger partial charge in [0.2, 0.25) is 0 Å². The molecule has 0 aliphatic carbocycles. The van der Waals surface area contributed by atoms with E-state index in [0.717, 1.165) is 5.56 Å². The molecule has 0 heterocycles. The van der Waals surface area contributed by atoms with Crippen LogP contribution in [0.15, 0.2) is 53.4 Å². The fraction of sp³-hybridized carbons (Fsp3) is 0.222. The summed E-state index contributed by atoms with van der Waals surface area (Å²) in [6, 6.07) is 12.9. The van der Waals surface area contributed by atoms with Gasteiger partial charge in [0.25, 0.3) is 5.91 Å². The van der Waals surface area contributed by atoms with E-state index in [0.29, 0.717) is 5.69 Å². The van der Waals surface area contributed by atoms with Gasteiger partial charge in [-0.1, -0.05) is 36.8 Å². The minimum absolute atomic E-state index is 0.0764. The second kappa shape index (κ2) is 7.94. The zero-order valence-electron chi connectivity index (χ0n) is 14.0. The average molecular weight is 361 g/mol. The largest absolute Gasteiger partial charge is 0.452 e. The maximum atomic E-state index is 12.2. The van der Waals surface area contributed by atoms with Gasteiger partial charge in [-0.25, -0.2) is 13.2 Å². The Kier molecular flexibility index (Phi) is 5.93. The van der Waals surface area contributed by atoms with E-state index in [1.807, 2.05) is 19.1 Å². The van der Waals surface area contributed by atoms with Crippen LogP contribution in [0.3, 0.4) is 0 Å². The Morgan fingerprint density at radius 3 is 2.32 bits per heavy atom. The summed E-state index contributed by atoms with van der Waals surface area (Å²) in [6.07, 6.45) is 0. The molecule has 0 unspecified atom stereocenters. The van der Waals surface area contributed by atoms with E-state index >= 15 is 0 Å². The molecule has 0 radical (unpaired) electrons. The zero-order chi connectivity index (χ0) is 18.4. The third-order valence-electron chi connectivity index (χ3n) is 3.49. The molecule has 25 heavy (non-hydrogen) atoms. The van der Waals surface area contributed by atoms with Crippen LogP contribution < -0.4 is 5.32 Å². The van der Waals surface area contributed by atoms with Gasteiger partial charge in [-0.15, -0.1) is 0 Å². The molecule has 0 aliphatic heterocycles. The molecule has 0 fully saturated rings. The van der Waals surface area contributed by atoms with Crippen LogP contribution in [0.4, 0.5) is 5.69 Å². The van der Waals surface area contributed by atoms with Gasteiger partial charge >= 0.3 is 5.97 Å². The summed E-state index contributed by atoms with van der Waals surface area (Å²) in [4.78, 5) is 23.9. The molecule has 0 spiro atoms. The predicted octanol–water partition coefficient (Wildman–Crippen LogP) is 2.58. The number of amides is 1. The van der Waals surface area contributed by atoms with E-state index in [1.54, 1.807) is 12.1 Å². The number of aryl methyl sites for hydroxylation is 1. The molecule has 2 aromatic rings. The van der Waals surface area contributed by atoms with Gasteiger partial charge in [0.15, 0.2) is 16.4 Å². The topological polar surface area (TPSA) is 89.5 Å². The molecule has 0 saturated heterocycles. The molecule has 0 bridgehead atoms. The quantitative estimate of drug-likeness (QED) is 0.799. The summed E-state index contributed by atoms with van der Waals surface area (Å²) in [5, 5.41) is 2.60. The van der Waals surface area contributed by atoms with E-state index in [-0.39, 0.29) is 16.2 Å². The van der Waals surface area contributed by atoms with Crippen molar-refractivity contribution in [3.05, 3.63) is 59.7 Å². The van der Waals surface area contributed by atoms with Crippen LogP contribution in [0.25, 0.3) is 0 Å². The summed E-state index contributed by atoms with van der Waals surface area (Å²) < 4.78 is 29.0. The van der Waals surface area contributed by atoms with Crippen LogP contribution >= 0.6 is 0 Å². The van der Waals surface area contributed by atoms with Gasteiger partial charge in [-0.05, 0) is 31.2 Å². The highest BCUT2D eigenvalue weighted by molar-refractivity contribution is 7.91. The summed E-state index contributed by atoms with van der Waals surface area (Å²) >= 11 is 0. The molecule has 0 saturated carbocycles. The summed E-state index contributed by atoms with van der Waals surface area (Å²) in [6.45, 7) is 2.91. The predicted molar refractivity (Wildman–Crippen MR) is 94.3 cm³/mol. The van der Waals surface area contributed by atoms with Crippen molar-refractivity contribution in [2.75, 3.05) is 17.7 Å². The fourth-order valence-electron chi connectivity index (χ4n) is 2.10. The number of nitrogens with one attached hydrogen (secondary N) is 1. The van der Waals surface area contributed by atoms with Crippen molar-refractivity contribution in [1.29, 1.82) is 0 Å².